The number of amidine groups is 1. The Hall–Kier alpha value is -1.39. The van der Waals surface area contributed by atoms with E-state index in [2.05, 4.69) is 9.60 Å². The largest absolute Gasteiger partial charge is 0.418 e. The number of carbonyl (C=O) groups is 1. The Bertz CT molecular complexity index is 520. The monoisotopic (exact) mass is 306 g/mol. The summed E-state index contributed by atoms with van der Waals surface area (Å²) in [7, 11) is -4.73. The summed E-state index contributed by atoms with van der Waals surface area (Å²) in [6.45, 7) is 4.06. The SMILES string of the molecule is CC(C)NC(=N)[C@@H]1CC[C@@H]2CN1C(=O)N2OS(=O)(=O)O. The molecule has 2 saturated heterocycles. The predicted molar refractivity (Wildman–Crippen MR) is 69.4 cm³/mol. The van der Waals surface area contributed by atoms with Gasteiger partial charge < -0.3 is 10.2 Å². The van der Waals surface area contributed by atoms with Crippen molar-refractivity contribution in [1.82, 2.24) is 15.3 Å². The van der Waals surface area contributed by atoms with Crippen LogP contribution in [-0.2, 0) is 14.7 Å². The van der Waals surface area contributed by atoms with Crippen LogP contribution in [0.3, 0.4) is 0 Å². The smallest absolute Gasteiger partial charge is 0.370 e. The number of nitrogens with zero attached hydrogens (tertiary/aromatic N) is 2. The van der Waals surface area contributed by atoms with Crippen molar-refractivity contribution < 1.29 is 22.0 Å². The third kappa shape index (κ3) is 3.02. The van der Waals surface area contributed by atoms with E-state index in [1.54, 1.807) is 0 Å². The zero-order chi connectivity index (χ0) is 15.1. The second-order valence-electron chi connectivity index (χ2n) is 5.22. The van der Waals surface area contributed by atoms with Crippen LogP contribution >= 0.6 is 0 Å². The van der Waals surface area contributed by atoms with Crippen molar-refractivity contribution >= 4 is 22.3 Å². The average Bonchev–Trinajstić information content (AvgIpc) is 2.52. The quantitative estimate of drug-likeness (QED) is 0.380. The summed E-state index contributed by atoms with van der Waals surface area (Å²) in [5.41, 5.74) is 0. The second-order valence-corrected chi connectivity index (χ2v) is 6.23. The van der Waals surface area contributed by atoms with E-state index in [0.717, 1.165) is 0 Å². The van der Waals surface area contributed by atoms with Crippen molar-refractivity contribution in [2.75, 3.05) is 6.54 Å². The van der Waals surface area contributed by atoms with Gasteiger partial charge in [0.2, 0.25) is 0 Å². The zero-order valence-corrected chi connectivity index (χ0v) is 12.1. The summed E-state index contributed by atoms with van der Waals surface area (Å²) in [5, 5.41) is 11.6. The van der Waals surface area contributed by atoms with Gasteiger partial charge in [0.1, 0.15) is 5.84 Å². The van der Waals surface area contributed by atoms with Crippen molar-refractivity contribution in [2.24, 2.45) is 0 Å². The number of hydrogen-bond donors (Lipinski definition) is 3. The molecule has 20 heavy (non-hydrogen) atoms. The Balaban J connectivity index is 2.11. The van der Waals surface area contributed by atoms with E-state index in [4.69, 9.17) is 9.96 Å². The van der Waals surface area contributed by atoms with E-state index < -0.39 is 28.5 Å². The number of rotatable bonds is 4. The molecule has 0 radical (unpaired) electrons. The zero-order valence-electron chi connectivity index (χ0n) is 11.2. The maximum Gasteiger partial charge on any atom is 0.418 e. The van der Waals surface area contributed by atoms with Gasteiger partial charge in [-0.05, 0) is 26.7 Å². The molecule has 2 heterocycles. The van der Waals surface area contributed by atoms with Gasteiger partial charge in [-0.15, -0.1) is 4.28 Å². The molecule has 0 unspecified atom stereocenters. The topological polar surface area (TPSA) is 123 Å². The molecule has 114 valence electrons. The summed E-state index contributed by atoms with van der Waals surface area (Å²) in [4.78, 5) is 13.5. The lowest BCUT2D eigenvalue weighted by Crippen LogP contribution is -2.50. The van der Waals surface area contributed by atoms with Crippen molar-refractivity contribution in [2.45, 2.75) is 44.8 Å². The van der Waals surface area contributed by atoms with Gasteiger partial charge in [-0.25, -0.2) is 4.79 Å². The van der Waals surface area contributed by atoms with Crippen LogP contribution in [-0.4, -0.2) is 59.5 Å². The summed E-state index contributed by atoms with van der Waals surface area (Å²) in [5.74, 6) is 0.223. The van der Waals surface area contributed by atoms with Crippen LogP contribution in [0.25, 0.3) is 0 Å². The van der Waals surface area contributed by atoms with Gasteiger partial charge in [0.25, 0.3) is 0 Å². The highest BCUT2D eigenvalue weighted by Gasteiger charge is 2.48. The molecule has 3 N–H and O–H groups in total. The molecule has 2 aliphatic heterocycles. The molecular weight excluding hydrogens is 288 g/mol. The fourth-order valence-electron chi connectivity index (χ4n) is 2.54. The number of nitrogens with one attached hydrogen (secondary N) is 2. The van der Waals surface area contributed by atoms with Crippen molar-refractivity contribution in [3.8, 4) is 0 Å². The molecule has 0 aromatic heterocycles. The molecule has 2 amide bonds. The summed E-state index contributed by atoms with van der Waals surface area (Å²) >= 11 is 0. The lowest BCUT2D eigenvalue weighted by molar-refractivity contribution is -0.0316. The van der Waals surface area contributed by atoms with Crippen molar-refractivity contribution in [1.29, 1.82) is 5.41 Å². The predicted octanol–water partition coefficient (Wildman–Crippen LogP) is -0.0353. The number of urea groups is 1. The first kappa shape index (κ1) is 15.0. The van der Waals surface area contributed by atoms with Crippen LogP contribution in [0.2, 0.25) is 0 Å². The molecule has 2 rings (SSSR count). The van der Waals surface area contributed by atoms with Gasteiger partial charge in [0, 0.05) is 12.6 Å². The first-order valence-corrected chi connectivity index (χ1v) is 7.67. The van der Waals surface area contributed by atoms with Crippen LogP contribution < -0.4 is 5.32 Å². The third-order valence-electron chi connectivity index (χ3n) is 3.27. The number of piperidine rings is 1. The third-order valence-corrected chi connectivity index (χ3v) is 3.62. The van der Waals surface area contributed by atoms with E-state index in [1.165, 1.54) is 4.90 Å². The molecule has 0 saturated carbocycles. The molecule has 0 aromatic carbocycles. The van der Waals surface area contributed by atoms with Gasteiger partial charge in [0.15, 0.2) is 0 Å². The van der Waals surface area contributed by atoms with Crippen LogP contribution in [0, 0.1) is 5.41 Å². The van der Waals surface area contributed by atoms with Crippen LogP contribution in [0.5, 0.6) is 0 Å². The van der Waals surface area contributed by atoms with Gasteiger partial charge in [-0.2, -0.15) is 13.5 Å². The van der Waals surface area contributed by atoms with E-state index in [9.17, 15) is 13.2 Å². The lowest BCUT2D eigenvalue weighted by Gasteiger charge is -2.31. The highest BCUT2D eigenvalue weighted by atomic mass is 32.3. The molecule has 10 heteroatoms. The minimum Gasteiger partial charge on any atom is -0.370 e. The van der Waals surface area contributed by atoms with E-state index in [0.29, 0.717) is 17.9 Å². The van der Waals surface area contributed by atoms with Gasteiger partial charge in [-0.1, -0.05) is 0 Å². The second kappa shape index (κ2) is 5.19. The summed E-state index contributed by atoms with van der Waals surface area (Å²) in [6.07, 6.45) is 1.05. The molecule has 2 atom stereocenters. The van der Waals surface area contributed by atoms with Gasteiger partial charge in [0.05, 0.1) is 12.1 Å². The molecule has 0 aliphatic carbocycles. The standard InChI is InChI=1S/C10H18N4O5S/c1-6(2)12-9(11)8-4-3-7-5-13(8)10(15)14(7)19-20(16,17)18/h6-8H,3-5H2,1-2H3,(H2,11,12)(H,16,17,18)/t7-,8+/m1/s1. The molecule has 9 nitrogen and oxygen atoms in total. The number of amides is 2. The van der Waals surface area contributed by atoms with Crippen molar-refractivity contribution in [3.05, 3.63) is 0 Å². The lowest BCUT2D eigenvalue weighted by atomic mass is 10.00. The average molecular weight is 306 g/mol. The van der Waals surface area contributed by atoms with E-state index in [-0.39, 0.29) is 18.4 Å². The maximum absolute atomic E-state index is 12.1. The Kier molecular flexibility index (Phi) is 3.89. The number of fused-ring (bicyclic) bond motifs is 2. The van der Waals surface area contributed by atoms with E-state index >= 15 is 0 Å². The minimum absolute atomic E-state index is 0.0723. The normalized spacial score (nSPS) is 26.3. The summed E-state index contributed by atoms with van der Waals surface area (Å²) in [6, 6.07) is -1.42. The molecule has 2 fully saturated rings. The number of carbonyl (C=O) groups excluding carboxylic acids is 1. The molecular formula is C10H18N4O5S. The first-order chi connectivity index (χ1) is 9.19. The highest BCUT2D eigenvalue weighted by molar-refractivity contribution is 7.80. The van der Waals surface area contributed by atoms with Crippen molar-refractivity contribution in [3.63, 3.8) is 0 Å². The van der Waals surface area contributed by atoms with Gasteiger partial charge in [-0.3, -0.25) is 9.96 Å². The van der Waals surface area contributed by atoms with Crippen LogP contribution in [0.1, 0.15) is 26.7 Å². The number of hydroxylamine groups is 2. The fourth-order valence-corrected chi connectivity index (χ4v) is 2.93. The van der Waals surface area contributed by atoms with Gasteiger partial charge >= 0.3 is 16.4 Å². The first-order valence-electron chi connectivity index (χ1n) is 6.31. The van der Waals surface area contributed by atoms with Crippen LogP contribution in [0.4, 0.5) is 4.79 Å². The number of hydrogen-bond acceptors (Lipinski definition) is 5. The van der Waals surface area contributed by atoms with Crippen LogP contribution in [0.15, 0.2) is 0 Å². The molecule has 0 aromatic rings. The molecule has 2 aliphatic rings. The Labute approximate surface area is 117 Å². The molecule has 0 spiro atoms. The maximum atomic E-state index is 12.1. The van der Waals surface area contributed by atoms with E-state index in [1.807, 2.05) is 13.8 Å². The highest BCUT2D eigenvalue weighted by Crippen LogP contribution is 2.30. The molecule has 2 bridgehead atoms. The Morgan fingerprint density at radius 3 is 2.70 bits per heavy atom. The fraction of sp³-hybridized carbons (Fsp3) is 0.800. The minimum atomic E-state index is -4.73. The Morgan fingerprint density at radius 1 is 1.50 bits per heavy atom. The Morgan fingerprint density at radius 2 is 2.15 bits per heavy atom. The summed E-state index contributed by atoms with van der Waals surface area (Å²) < 4.78 is 34.5.